The van der Waals surface area contributed by atoms with Crippen LogP contribution in [-0.2, 0) is 11.3 Å². The van der Waals surface area contributed by atoms with Crippen molar-refractivity contribution in [3.8, 4) is 23.0 Å². The van der Waals surface area contributed by atoms with Crippen LogP contribution >= 0.6 is 11.8 Å². The SMILES string of the molecule is COc1cc(CCN2CCN(CCCCOc3ccccc3C3(C)Sc4ccccc4C(C)[NH+]3[O-])CC2)cc(OC)c1OC. The molecule has 0 aromatic heterocycles. The number of hydroxylamine groups is 2. The van der Waals surface area contributed by atoms with Crippen molar-refractivity contribution in [1.82, 2.24) is 9.80 Å². The lowest BCUT2D eigenvalue weighted by Crippen LogP contribution is -3.14. The van der Waals surface area contributed by atoms with E-state index in [0.717, 1.165) is 75.4 Å². The van der Waals surface area contributed by atoms with Crippen LogP contribution in [0.25, 0.3) is 0 Å². The maximum Gasteiger partial charge on any atom is 0.203 e. The molecule has 0 saturated carbocycles. The van der Waals surface area contributed by atoms with Crippen LogP contribution < -0.4 is 24.0 Å². The number of benzene rings is 3. The van der Waals surface area contributed by atoms with Crippen LogP contribution in [0, 0.1) is 5.21 Å². The normalized spacial score (nSPS) is 22.3. The minimum absolute atomic E-state index is 0.138. The van der Waals surface area contributed by atoms with Gasteiger partial charge in [-0.15, -0.1) is 0 Å². The van der Waals surface area contributed by atoms with E-state index in [1.807, 2.05) is 43.3 Å². The molecule has 2 aliphatic heterocycles. The molecule has 0 spiro atoms. The largest absolute Gasteiger partial charge is 0.633 e. The van der Waals surface area contributed by atoms with E-state index >= 15 is 0 Å². The van der Waals surface area contributed by atoms with Crippen molar-refractivity contribution < 1.29 is 24.0 Å². The van der Waals surface area contributed by atoms with Gasteiger partial charge in [0.25, 0.3) is 0 Å². The Kier molecular flexibility index (Phi) is 11.0. The second kappa shape index (κ2) is 14.9. The van der Waals surface area contributed by atoms with Gasteiger partial charge in [0.05, 0.1) is 33.5 Å². The fourth-order valence-corrected chi connectivity index (χ4v) is 7.86. The molecule has 8 nitrogen and oxygen atoms in total. The number of methoxy groups -OCH3 is 3. The molecule has 238 valence electrons. The number of unbranched alkanes of at least 4 members (excludes halogenated alkanes) is 1. The van der Waals surface area contributed by atoms with Crippen LogP contribution in [-0.4, -0.2) is 77.0 Å². The standard InChI is InChI=1S/C35H47N3O5S/c1-26-28-12-6-9-15-33(28)44-35(2,38(26)39)29-13-7-8-14-30(29)43-23-11-10-17-36-19-21-37(22-20-36)18-16-27-24-31(40-3)34(42-5)32(25-27)41-4/h6-9,12-15,24-26,38H,10-11,16-23H2,1-5H3. The molecule has 44 heavy (non-hydrogen) atoms. The predicted octanol–water partition coefficient (Wildman–Crippen LogP) is 5.15. The lowest BCUT2D eigenvalue weighted by Gasteiger charge is -2.48. The minimum atomic E-state index is -0.671. The molecule has 1 saturated heterocycles. The highest BCUT2D eigenvalue weighted by molar-refractivity contribution is 8.00. The molecular formula is C35H47N3O5S. The van der Waals surface area contributed by atoms with E-state index < -0.39 is 4.87 Å². The van der Waals surface area contributed by atoms with E-state index in [1.54, 1.807) is 33.1 Å². The molecule has 3 atom stereocenters. The topological polar surface area (TPSA) is 70.9 Å². The summed E-state index contributed by atoms with van der Waals surface area (Å²) in [6, 6.07) is 20.3. The van der Waals surface area contributed by atoms with Gasteiger partial charge in [0.2, 0.25) is 5.75 Å². The van der Waals surface area contributed by atoms with Crippen molar-refractivity contribution in [3.63, 3.8) is 0 Å². The van der Waals surface area contributed by atoms with Crippen molar-refractivity contribution in [2.75, 3.05) is 67.2 Å². The van der Waals surface area contributed by atoms with E-state index in [0.29, 0.717) is 23.9 Å². The lowest BCUT2D eigenvalue weighted by molar-refractivity contribution is -0.923. The Hall–Kier alpha value is -2.95. The molecule has 0 amide bonds. The van der Waals surface area contributed by atoms with Gasteiger partial charge in [0, 0.05) is 50.1 Å². The van der Waals surface area contributed by atoms with E-state index in [2.05, 4.69) is 41.0 Å². The summed E-state index contributed by atoms with van der Waals surface area (Å²) in [5, 5.41) is 13.9. The number of quaternary nitrogens is 1. The Morgan fingerprint density at radius 1 is 0.841 bits per heavy atom. The molecule has 2 aliphatic rings. The van der Waals surface area contributed by atoms with Crippen molar-refractivity contribution in [2.45, 2.75) is 48.9 Å². The van der Waals surface area contributed by atoms with Gasteiger partial charge in [0.1, 0.15) is 11.8 Å². The quantitative estimate of drug-likeness (QED) is 0.208. The molecule has 0 radical (unpaired) electrons. The Labute approximate surface area is 266 Å². The molecule has 3 unspecified atom stereocenters. The zero-order valence-electron chi connectivity index (χ0n) is 26.8. The molecule has 1 N–H and O–H groups in total. The zero-order chi connectivity index (χ0) is 31.1. The summed E-state index contributed by atoms with van der Waals surface area (Å²) in [6.45, 7) is 11.1. The number of nitrogens with zero attached hydrogens (tertiary/aromatic N) is 2. The summed E-state index contributed by atoms with van der Waals surface area (Å²) in [5.41, 5.74) is 3.28. The van der Waals surface area contributed by atoms with E-state index in [9.17, 15) is 5.21 Å². The summed E-state index contributed by atoms with van der Waals surface area (Å²) < 4.78 is 22.8. The van der Waals surface area contributed by atoms with Crippen LogP contribution in [0.2, 0.25) is 0 Å². The maximum atomic E-state index is 13.6. The predicted molar refractivity (Wildman–Crippen MR) is 176 cm³/mol. The highest BCUT2D eigenvalue weighted by Gasteiger charge is 2.44. The Balaban J connectivity index is 1.06. The molecule has 3 aromatic rings. The number of thioether (sulfide) groups is 1. The number of para-hydroxylation sites is 1. The van der Waals surface area contributed by atoms with Gasteiger partial charge in [0.15, 0.2) is 16.4 Å². The first-order chi connectivity index (χ1) is 21.4. The van der Waals surface area contributed by atoms with Crippen molar-refractivity contribution in [3.05, 3.63) is 82.6 Å². The number of hydrogen-bond donors (Lipinski definition) is 1. The Bertz CT molecular complexity index is 1360. The minimum Gasteiger partial charge on any atom is -0.633 e. The maximum absolute atomic E-state index is 13.6. The molecule has 1 fully saturated rings. The molecule has 0 aliphatic carbocycles. The van der Waals surface area contributed by atoms with Gasteiger partial charge in [-0.2, -0.15) is 0 Å². The van der Waals surface area contributed by atoms with Crippen LogP contribution in [0.3, 0.4) is 0 Å². The molecule has 0 bridgehead atoms. The molecular weight excluding hydrogens is 574 g/mol. The highest BCUT2D eigenvalue weighted by atomic mass is 32.2. The third-order valence-corrected chi connectivity index (χ3v) is 10.4. The number of ether oxygens (including phenoxy) is 4. The van der Waals surface area contributed by atoms with Gasteiger partial charge in [-0.1, -0.05) is 42.1 Å². The molecule has 5 rings (SSSR count). The van der Waals surface area contributed by atoms with Gasteiger partial charge < -0.3 is 39.0 Å². The summed E-state index contributed by atoms with van der Waals surface area (Å²) in [4.78, 5) is 5.60. The monoisotopic (exact) mass is 621 g/mol. The fourth-order valence-electron chi connectivity index (χ4n) is 6.35. The molecule has 9 heteroatoms. The second-order valence-electron chi connectivity index (χ2n) is 11.8. The number of rotatable bonds is 13. The first kappa shape index (κ1) is 32.4. The molecule has 3 aromatic carbocycles. The highest BCUT2D eigenvalue weighted by Crippen LogP contribution is 2.46. The Morgan fingerprint density at radius 2 is 1.48 bits per heavy atom. The fraction of sp³-hybridized carbons (Fsp3) is 0.486. The van der Waals surface area contributed by atoms with Gasteiger partial charge >= 0.3 is 0 Å². The van der Waals surface area contributed by atoms with E-state index in [4.69, 9.17) is 18.9 Å². The summed E-state index contributed by atoms with van der Waals surface area (Å²) >= 11 is 1.65. The third kappa shape index (κ3) is 7.13. The van der Waals surface area contributed by atoms with Gasteiger partial charge in [-0.05, 0) is 68.6 Å². The zero-order valence-corrected chi connectivity index (χ0v) is 27.6. The summed E-state index contributed by atoms with van der Waals surface area (Å²) in [5.74, 6) is 2.86. The van der Waals surface area contributed by atoms with Crippen LogP contribution in [0.1, 0.15) is 49.4 Å². The first-order valence-corrected chi connectivity index (χ1v) is 16.5. The average molecular weight is 622 g/mol. The number of hydrogen-bond acceptors (Lipinski definition) is 8. The smallest absolute Gasteiger partial charge is 0.203 e. The summed E-state index contributed by atoms with van der Waals surface area (Å²) in [7, 11) is 4.94. The number of fused-ring (bicyclic) bond motifs is 1. The average Bonchev–Trinajstić information content (AvgIpc) is 3.06. The van der Waals surface area contributed by atoms with E-state index in [-0.39, 0.29) is 11.1 Å². The number of nitrogens with one attached hydrogen (secondary N) is 1. The van der Waals surface area contributed by atoms with Crippen molar-refractivity contribution in [1.29, 1.82) is 0 Å². The van der Waals surface area contributed by atoms with Crippen molar-refractivity contribution in [2.24, 2.45) is 0 Å². The van der Waals surface area contributed by atoms with Crippen LogP contribution in [0.5, 0.6) is 23.0 Å². The third-order valence-electron chi connectivity index (χ3n) is 9.00. The second-order valence-corrected chi connectivity index (χ2v) is 13.2. The van der Waals surface area contributed by atoms with Crippen LogP contribution in [0.15, 0.2) is 65.6 Å². The Morgan fingerprint density at radius 3 is 2.16 bits per heavy atom. The van der Waals surface area contributed by atoms with Gasteiger partial charge in [-0.25, -0.2) is 0 Å². The van der Waals surface area contributed by atoms with E-state index in [1.165, 1.54) is 10.5 Å². The molecule has 2 heterocycles. The van der Waals surface area contributed by atoms with Crippen molar-refractivity contribution >= 4 is 11.8 Å². The summed E-state index contributed by atoms with van der Waals surface area (Å²) in [6.07, 6.45) is 3.00. The lowest BCUT2D eigenvalue weighted by atomic mass is 10.0. The van der Waals surface area contributed by atoms with Crippen LogP contribution in [0.4, 0.5) is 0 Å². The first-order valence-electron chi connectivity index (χ1n) is 15.7. The van der Waals surface area contributed by atoms with Gasteiger partial charge in [-0.3, -0.25) is 0 Å². The number of piperazine rings is 1.